The number of nitrogens with one attached hydrogen (secondary N) is 3. The quantitative estimate of drug-likeness (QED) is 0.0590. The zero-order chi connectivity index (χ0) is 32.6. The molecule has 44 heavy (non-hydrogen) atoms. The highest BCUT2D eigenvalue weighted by atomic mass is 35.5. The van der Waals surface area contributed by atoms with Crippen LogP contribution in [0.3, 0.4) is 0 Å². The molecule has 0 bridgehead atoms. The van der Waals surface area contributed by atoms with E-state index in [2.05, 4.69) is 30.9 Å². The minimum absolute atomic E-state index is 0.0971. The van der Waals surface area contributed by atoms with Gasteiger partial charge in [0, 0.05) is 17.4 Å². The summed E-state index contributed by atoms with van der Waals surface area (Å²) in [6.07, 6.45) is 0. The van der Waals surface area contributed by atoms with Gasteiger partial charge in [0.05, 0.1) is 26.5 Å². The van der Waals surface area contributed by atoms with Gasteiger partial charge >= 0.3 is 5.69 Å². The minimum Gasteiger partial charge on any atom is -0.350 e. The highest BCUT2D eigenvalue weighted by Crippen LogP contribution is 2.46. The van der Waals surface area contributed by atoms with Gasteiger partial charge in [-0.3, -0.25) is 24.8 Å². The number of nitro benzene ring substituents is 2. The van der Waals surface area contributed by atoms with Crippen LogP contribution in [0.5, 0.6) is 0 Å². The van der Waals surface area contributed by atoms with Crippen LogP contribution in [0.15, 0.2) is 58.3 Å². The number of aryl methyl sites for hydroxylation is 1. The number of hydrogen-bond acceptors (Lipinski definition) is 15. The Kier molecular flexibility index (Phi) is 8.83. The molecule has 4 aromatic rings. The lowest BCUT2D eigenvalue weighted by atomic mass is 10.2. The normalized spacial score (nSPS) is 12.0. The van der Waals surface area contributed by atoms with Crippen molar-refractivity contribution in [3.05, 3.63) is 85.4 Å². The van der Waals surface area contributed by atoms with E-state index in [0.29, 0.717) is 23.4 Å². The number of nitro groups is 2. The van der Waals surface area contributed by atoms with Crippen molar-refractivity contribution in [1.29, 1.82) is 0 Å². The monoisotopic (exact) mass is 672 g/mol. The molecule has 0 radical (unpaired) electrons. The largest absolute Gasteiger partial charge is 0.350 e. The molecule has 1 aromatic heterocycles. The Bertz CT molecular complexity index is 1930. The van der Waals surface area contributed by atoms with Gasteiger partial charge in [0.15, 0.2) is 0 Å². The lowest BCUT2D eigenvalue weighted by Gasteiger charge is -2.21. The summed E-state index contributed by atoms with van der Waals surface area (Å²) in [4.78, 5) is 31.3. The standard InChI is InChI=1S/C22H18ClFN8O10S2/c1-10-6-11(2-4-18(10)43(37,38)39)26-21-28-20(23)29-22(30-21)27-15-7-12(3-5-19(15)44(40,41)42)25-14-8-13(24)16(31(33)34)9-17(14)32(35)36/h2-9,25,37-39H,1H3,(H,40,41,42)(H2,26,27,28,29,30). The smallest absolute Gasteiger partial charge is 0.311 e. The Balaban J connectivity index is 1.70. The summed E-state index contributed by atoms with van der Waals surface area (Å²) in [5.74, 6) is -1.93. The summed E-state index contributed by atoms with van der Waals surface area (Å²) < 4.78 is 76.6. The van der Waals surface area contributed by atoms with Crippen LogP contribution in [0.2, 0.25) is 5.28 Å². The molecule has 0 atom stereocenters. The maximum Gasteiger partial charge on any atom is 0.311 e. The van der Waals surface area contributed by atoms with Gasteiger partial charge in [-0.1, -0.05) is 0 Å². The minimum atomic E-state index is -4.89. The third-order valence-corrected chi connectivity index (χ3v) is 7.70. The third-order valence-electron chi connectivity index (χ3n) is 5.58. The molecule has 22 heteroatoms. The van der Waals surface area contributed by atoms with E-state index in [1.54, 1.807) is 0 Å². The molecule has 4 rings (SSSR count). The Hall–Kier alpha value is -4.77. The molecule has 3 aromatic carbocycles. The van der Waals surface area contributed by atoms with Crippen molar-refractivity contribution in [1.82, 2.24) is 15.0 Å². The van der Waals surface area contributed by atoms with Gasteiger partial charge in [0.2, 0.25) is 23.0 Å². The summed E-state index contributed by atoms with van der Waals surface area (Å²) in [6, 6.07) is 7.96. The van der Waals surface area contributed by atoms with Crippen LogP contribution in [-0.2, 0) is 10.1 Å². The summed E-state index contributed by atoms with van der Waals surface area (Å²) in [5.41, 5.74) is -2.39. The van der Waals surface area contributed by atoms with Crippen LogP contribution in [0.1, 0.15) is 5.56 Å². The molecule has 7 N–H and O–H groups in total. The Morgan fingerprint density at radius 3 is 1.89 bits per heavy atom. The number of nitrogens with zero attached hydrogens (tertiary/aromatic N) is 5. The summed E-state index contributed by atoms with van der Waals surface area (Å²) >= 11 is 6.00. The van der Waals surface area contributed by atoms with Gasteiger partial charge < -0.3 is 29.6 Å². The lowest BCUT2D eigenvalue weighted by molar-refractivity contribution is -0.395. The second kappa shape index (κ2) is 12.1. The Morgan fingerprint density at radius 1 is 0.773 bits per heavy atom. The van der Waals surface area contributed by atoms with Gasteiger partial charge in [-0.15, -0.1) is 0 Å². The highest BCUT2D eigenvalue weighted by Gasteiger charge is 2.26. The molecule has 0 amide bonds. The first kappa shape index (κ1) is 32.2. The van der Waals surface area contributed by atoms with Gasteiger partial charge in [-0.25, -0.2) is 0 Å². The molecule has 0 saturated carbocycles. The van der Waals surface area contributed by atoms with E-state index < -0.39 is 58.6 Å². The van der Waals surface area contributed by atoms with E-state index >= 15 is 0 Å². The number of halogens is 2. The van der Waals surface area contributed by atoms with Crippen LogP contribution < -0.4 is 16.0 Å². The van der Waals surface area contributed by atoms with Crippen LogP contribution >= 0.6 is 22.5 Å². The van der Waals surface area contributed by atoms with E-state index in [4.69, 9.17) is 11.6 Å². The second-order valence-electron chi connectivity index (χ2n) is 8.65. The molecule has 0 saturated heterocycles. The van der Waals surface area contributed by atoms with Crippen molar-refractivity contribution in [2.24, 2.45) is 0 Å². The Morgan fingerprint density at radius 2 is 1.34 bits per heavy atom. The van der Waals surface area contributed by atoms with Gasteiger partial charge in [0.1, 0.15) is 21.5 Å². The molecular formula is C22H18ClFN8O10S2. The molecule has 232 valence electrons. The molecule has 0 fully saturated rings. The molecule has 0 aliphatic carbocycles. The molecule has 18 nitrogen and oxygen atoms in total. The maximum absolute atomic E-state index is 14.3. The zero-order valence-corrected chi connectivity index (χ0v) is 24.1. The molecule has 1 heterocycles. The van der Waals surface area contributed by atoms with E-state index in [9.17, 15) is 51.2 Å². The van der Waals surface area contributed by atoms with Crippen molar-refractivity contribution >= 4 is 78.6 Å². The predicted octanol–water partition coefficient (Wildman–Crippen LogP) is 5.85. The van der Waals surface area contributed by atoms with E-state index in [-0.39, 0.29) is 33.5 Å². The van der Waals surface area contributed by atoms with E-state index in [1.165, 1.54) is 25.1 Å². The third kappa shape index (κ3) is 7.41. The average Bonchev–Trinajstić information content (AvgIpc) is 2.86. The SMILES string of the molecule is Cc1cc(Nc2nc(Cl)nc(Nc3cc(Nc4cc(F)c([N+](=O)[O-])cc4[N+](=O)[O-])ccc3S(=O)(=O)O)n2)ccc1S(O)(O)O. The average molecular weight is 673 g/mol. The Labute approximate surface area is 252 Å². The zero-order valence-electron chi connectivity index (χ0n) is 21.7. The van der Waals surface area contributed by atoms with Crippen LogP contribution in [0.25, 0.3) is 0 Å². The van der Waals surface area contributed by atoms with Crippen molar-refractivity contribution in [3.63, 3.8) is 0 Å². The number of anilines is 6. The summed E-state index contributed by atoms with van der Waals surface area (Å²) in [5, 5.41) is 29.9. The summed E-state index contributed by atoms with van der Waals surface area (Å²) in [6.45, 7) is 1.50. The molecule has 0 aliphatic heterocycles. The van der Waals surface area contributed by atoms with Crippen LogP contribution in [0.4, 0.5) is 50.4 Å². The first-order chi connectivity index (χ1) is 20.4. The topological polar surface area (TPSA) is 276 Å². The number of benzene rings is 3. The van der Waals surface area contributed by atoms with Gasteiger partial charge in [-0.05, 0) is 60.5 Å². The predicted molar refractivity (Wildman–Crippen MR) is 156 cm³/mol. The fourth-order valence-electron chi connectivity index (χ4n) is 3.77. The maximum atomic E-state index is 14.3. The number of hydrogen-bond donors (Lipinski definition) is 7. The van der Waals surface area contributed by atoms with Gasteiger partial charge in [0.25, 0.3) is 15.8 Å². The molecule has 0 spiro atoms. The van der Waals surface area contributed by atoms with Crippen molar-refractivity contribution < 1.29 is 40.9 Å². The number of rotatable bonds is 10. The van der Waals surface area contributed by atoms with Crippen LogP contribution in [0, 0.1) is 33.0 Å². The second-order valence-corrected chi connectivity index (χ2v) is 11.9. The van der Waals surface area contributed by atoms with Gasteiger partial charge in [-0.2, -0.15) is 27.8 Å². The summed E-state index contributed by atoms with van der Waals surface area (Å²) in [7, 11) is -8.87. The highest BCUT2D eigenvalue weighted by molar-refractivity contribution is 8.19. The first-order valence-corrected chi connectivity index (χ1v) is 14.8. The first-order valence-electron chi connectivity index (χ1n) is 11.5. The fourth-order valence-corrected chi connectivity index (χ4v) is 5.30. The van der Waals surface area contributed by atoms with Crippen molar-refractivity contribution in [2.45, 2.75) is 16.7 Å². The molecular weight excluding hydrogens is 655 g/mol. The number of aromatic nitrogens is 3. The molecule has 0 unspecified atom stereocenters. The van der Waals surface area contributed by atoms with E-state index in [0.717, 1.165) is 18.2 Å². The fraction of sp³-hybridized carbons (Fsp3) is 0.0455. The van der Waals surface area contributed by atoms with Crippen molar-refractivity contribution in [3.8, 4) is 0 Å². The molecule has 0 aliphatic rings. The lowest BCUT2D eigenvalue weighted by Crippen LogP contribution is -2.08. The van der Waals surface area contributed by atoms with Crippen LogP contribution in [-0.4, -0.2) is 51.4 Å². The van der Waals surface area contributed by atoms with Crippen molar-refractivity contribution in [2.75, 3.05) is 16.0 Å². The van der Waals surface area contributed by atoms with E-state index in [1.807, 2.05) is 0 Å².